The van der Waals surface area contributed by atoms with Crippen LogP contribution in [0.1, 0.15) is 43.5 Å². The van der Waals surface area contributed by atoms with Crippen molar-refractivity contribution in [1.29, 1.82) is 0 Å². The van der Waals surface area contributed by atoms with Crippen molar-refractivity contribution in [3.63, 3.8) is 0 Å². The van der Waals surface area contributed by atoms with Gasteiger partial charge in [0.1, 0.15) is 13.2 Å². The van der Waals surface area contributed by atoms with E-state index < -0.39 is 0 Å². The van der Waals surface area contributed by atoms with Crippen molar-refractivity contribution < 1.29 is 14.3 Å². The number of nitrogens with zero attached hydrogens (tertiary/aromatic N) is 4. The molecule has 0 bridgehead atoms. The fraction of sp³-hybridized carbons (Fsp3) is 0.762. The number of aromatic nitrogens is 2. The van der Waals surface area contributed by atoms with Gasteiger partial charge in [-0.2, -0.15) is 5.10 Å². The highest BCUT2D eigenvalue weighted by Gasteiger charge is 2.35. The van der Waals surface area contributed by atoms with E-state index in [1.807, 2.05) is 24.8 Å². The van der Waals surface area contributed by atoms with Gasteiger partial charge in [-0.1, -0.05) is 6.42 Å². The number of ether oxygens (including phenoxy) is 1. The molecule has 3 heterocycles. The van der Waals surface area contributed by atoms with Crippen molar-refractivity contribution in [2.45, 2.75) is 70.7 Å². The first kappa shape index (κ1) is 20.3. The molecule has 8 heteroatoms. The number of rotatable bonds is 6. The zero-order valence-electron chi connectivity index (χ0n) is 17.6. The van der Waals surface area contributed by atoms with Gasteiger partial charge in [0, 0.05) is 44.0 Å². The van der Waals surface area contributed by atoms with Gasteiger partial charge < -0.3 is 19.9 Å². The third-order valence-electron chi connectivity index (χ3n) is 6.62. The SMILES string of the molecule is Cc1cc(C)n(CC(=O)NCC2CN(C3CCN(C4CCC4)CC3)C(=O)CO2)n1. The van der Waals surface area contributed by atoms with Crippen LogP contribution in [0.3, 0.4) is 0 Å². The predicted molar refractivity (Wildman–Crippen MR) is 108 cm³/mol. The molecule has 0 spiro atoms. The van der Waals surface area contributed by atoms with E-state index in [9.17, 15) is 9.59 Å². The average Bonchev–Trinajstić information content (AvgIpc) is 2.97. The third kappa shape index (κ3) is 4.80. The summed E-state index contributed by atoms with van der Waals surface area (Å²) in [4.78, 5) is 29.3. The Morgan fingerprint density at radius 1 is 1.21 bits per heavy atom. The minimum absolute atomic E-state index is 0.0808. The Morgan fingerprint density at radius 2 is 1.97 bits per heavy atom. The number of hydrogen-bond donors (Lipinski definition) is 1. The number of hydrogen-bond acceptors (Lipinski definition) is 5. The van der Waals surface area contributed by atoms with Crippen molar-refractivity contribution in [1.82, 2.24) is 24.9 Å². The molecule has 1 aromatic heterocycles. The summed E-state index contributed by atoms with van der Waals surface area (Å²) >= 11 is 0. The van der Waals surface area contributed by atoms with E-state index in [1.165, 1.54) is 19.3 Å². The molecule has 2 amide bonds. The van der Waals surface area contributed by atoms with Gasteiger partial charge in [-0.15, -0.1) is 0 Å². The lowest BCUT2D eigenvalue weighted by atomic mass is 9.89. The number of aryl methyl sites for hydroxylation is 2. The lowest BCUT2D eigenvalue weighted by Crippen LogP contribution is -2.57. The van der Waals surface area contributed by atoms with Crippen molar-refractivity contribution in [2.75, 3.05) is 32.8 Å². The number of piperidine rings is 1. The van der Waals surface area contributed by atoms with Crippen LogP contribution in [0.15, 0.2) is 6.07 Å². The average molecular weight is 404 g/mol. The van der Waals surface area contributed by atoms with Gasteiger partial charge in [-0.05, 0) is 45.6 Å². The van der Waals surface area contributed by atoms with Gasteiger partial charge in [-0.25, -0.2) is 0 Å². The van der Waals surface area contributed by atoms with Gasteiger partial charge in [-0.3, -0.25) is 14.3 Å². The second-order valence-electron chi connectivity index (χ2n) is 8.72. The number of carbonyl (C=O) groups excluding carboxylic acids is 2. The molecule has 160 valence electrons. The van der Waals surface area contributed by atoms with Gasteiger partial charge in [0.05, 0.1) is 11.8 Å². The van der Waals surface area contributed by atoms with Crippen LogP contribution in [0.5, 0.6) is 0 Å². The van der Waals surface area contributed by atoms with E-state index >= 15 is 0 Å². The van der Waals surface area contributed by atoms with Crippen LogP contribution < -0.4 is 5.32 Å². The summed E-state index contributed by atoms with van der Waals surface area (Å²) in [7, 11) is 0. The third-order valence-corrected chi connectivity index (χ3v) is 6.62. The first-order valence-electron chi connectivity index (χ1n) is 10.9. The van der Waals surface area contributed by atoms with Crippen LogP contribution in [0.2, 0.25) is 0 Å². The topological polar surface area (TPSA) is 79.7 Å². The van der Waals surface area contributed by atoms with Crippen molar-refractivity contribution in [2.24, 2.45) is 0 Å². The molecule has 1 saturated carbocycles. The number of carbonyl (C=O) groups is 2. The Bertz CT molecular complexity index is 737. The highest BCUT2D eigenvalue weighted by Crippen LogP contribution is 2.29. The number of amides is 2. The molecule has 0 aromatic carbocycles. The number of likely N-dealkylation sites (tertiary alicyclic amines) is 1. The zero-order chi connectivity index (χ0) is 20.4. The molecule has 1 atom stereocenters. The fourth-order valence-corrected chi connectivity index (χ4v) is 4.69. The normalized spacial score (nSPS) is 24.6. The second-order valence-corrected chi connectivity index (χ2v) is 8.72. The van der Waals surface area contributed by atoms with E-state index in [0.717, 1.165) is 43.4 Å². The summed E-state index contributed by atoms with van der Waals surface area (Å²) in [5.41, 5.74) is 1.88. The summed E-state index contributed by atoms with van der Waals surface area (Å²) in [5.74, 6) is -0.00521. The zero-order valence-corrected chi connectivity index (χ0v) is 17.6. The molecule has 3 fully saturated rings. The molecule has 29 heavy (non-hydrogen) atoms. The van der Waals surface area contributed by atoms with Gasteiger partial charge in [0.2, 0.25) is 11.8 Å². The summed E-state index contributed by atoms with van der Waals surface area (Å²) < 4.78 is 7.39. The minimum atomic E-state index is -0.151. The van der Waals surface area contributed by atoms with E-state index in [1.54, 1.807) is 4.68 Å². The minimum Gasteiger partial charge on any atom is -0.365 e. The molecular formula is C21H33N5O3. The molecule has 4 rings (SSSR count). The summed E-state index contributed by atoms with van der Waals surface area (Å²) in [5, 5.41) is 7.27. The standard InChI is InChI=1S/C21H33N5O3/c1-15-10-16(2)26(23-15)13-20(27)22-11-19-12-25(21(28)14-29-19)18-6-8-24(9-7-18)17-4-3-5-17/h10,17-19H,3-9,11-14H2,1-2H3,(H,22,27). The van der Waals surface area contributed by atoms with Crippen LogP contribution >= 0.6 is 0 Å². The van der Waals surface area contributed by atoms with E-state index in [0.29, 0.717) is 19.1 Å². The van der Waals surface area contributed by atoms with E-state index in [2.05, 4.69) is 15.3 Å². The van der Waals surface area contributed by atoms with Crippen LogP contribution in [-0.4, -0.2) is 82.4 Å². The Labute approximate surface area is 172 Å². The fourth-order valence-electron chi connectivity index (χ4n) is 4.69. The van der Waals surface area contributed by atoms with E-state index in [-0.39, 0.29) is 31.1 Å². The Balaban J connectivity index is 1.24. The van der Waals surface area contributed by atoms with Gasteiger partial charge in [0.15, 0.2) is 0 Å². The van der Waals surface area contributed by atoms with Gasteiger partial charge >= 0.3 is 0 Å². The molecule has 1 unspecified atom stereocenters. The molecule has 1 aromatic rings. The number of morpholine rings is 1. The summed E-state index contributed by atoms with van der Waals surface area (Å²) in [6.07, 6.45) is 5.96. The molecular weight excluding hydrogens is 370 g/mol. The highest BCUT2D eigenvalue weighted by molar-refractivity contribution is 5.78. The van der Waals surface area contributed by atoms with E-state index in [4.69, 9.17) is 4.74 Å². The van der Waals surface area contributed by atoms with Crippen LogP contribution in [-0.2, 0) is 20.9 Å². The first-order chi connectivity index (χ1) is 14.0. The molecule has 0 radical (unpaired) electrons. The Hall–Kier alpha value is -1.93. The Kier molecular flexibility index (Phi) is 6.20. The molecule has 1 aliphatic carbocycles. The lowest BCUT2D eigenvalue weighted by molar-refractivity contribution is -0.153. The van der Waals surface area contributed by atoms with Crippen LogP contribution in [0, 0.1) is 13.8 Å². The predicted octanol–water partition coefficient (Wildman–Crippen LogP) is 0.860. The highest BCUT2D eigenvalue weighted by atomic mass is 16.5. The largest absolute Gasteiger partial charge is 0.365 e. The summed E-state index contributed by atoms with van der Waals surface area (Å²) in [6, 6.07) is 3.04. The van der Waals surface area contributed by atoms with Crippen LogP contribution in [0.4, 0.5) is 0 Å². The van der Waals surface area contributed by atoms with Crippen molar-refractivity contribution in [3.05, 3.63) is 17.5 Å². The molecule has 8 nitrogen and oxygen atoms in total. The smallest absolute Gasteiger partial charge is 0.248 e. The van der Waals surface area contributed by atoms with Gasteiger partial charge in [0.25, 0.3) is 0 Å². The molecule has 3 aliphatic rings. The molecule has 1 N–H and O–H groups in total. The first-order valence-corrected chi connectivity index (χ1v) is 10.9. The molecule has 2 aliphatic heterocycles. The summed E-state index contributed by atoms with van der Waals surface area (Å²) in [6.45, 7) is 7.33. The quantitative estimate of drug-likeness (QED) is 0.762. The van der Waals surface area contributed by atoms with Crippen molar-refractivity contribution in [3.8, 4) is 0 Å². The molecule has 2 saturated heterocycles. The maximum atomic E-state index is 12.4. The monoisotopic (exact) mass is 403 g/mol. The van der Waals surface area contributed by atoms with Crippen molar-refractivity contribution >= 4 is 11.8 Å². The maximum Gasteiger partial charge on any atom is 0.248 e. The number of nitrogens with one attached hydrogen (secondary N) is 1. The lowest BCUT2D eigenvalue weighted by Gasteiger charge is -2.45. The second kappa shape index (κ2) is 8.83. The maximum absolute atomic E-state index is 12.4. The van der Waals surface area contributed by atoms with Crippen LogP contribution in [0.25, 0.3) is 0 Å². The Morgan fingerprint density at radius 3 is 2.59 bits per heavy atom.